The minimum absolute atomic E-state index is 0.0382. The number of hydrogen-bond acceptors (Lipinski definition) is 4. The Kier molecular flexibility index (Phi) is 4.84. The lowest BCUT2D eigenvalue weighted by Gasteiger charge is -2.26. The van der Waals surface area contributed by atoms with Crippen LogP contribution in [0.1, 0.15) is 35.2 Å². The Morgan fingerprint density at radius 2 is 1.85 bits per heavy atom. The van der Waals surface area contributed by atoms with E-state index in [0.29, 0.717) is 11.4 Å². The number of nitrogens with zero attached hydrogens (tertiary/aromatic N) is 3. The van der Waals surface area contributed by atoms with Gasteiger partial charge in [-0.25, -0.2) is 4.99 Å². The van der Waals surface area contributed by atoms with Gasteiger partial charge >= 0.3 is 0 Å². The van der Waals surface area contributed by atoms with Gasteiger partial charge in [0, 0.05) is 29.6 Å². The number of nitrogens with one attached hydrogen (secondary N) is 2. The quantitative estimate of drug-likeness (QED) is 0.378. The summed E-state index contributed by atoms with van der Waals surface area (Å²) in [5.41, 5.74) is 4.28. The third-order valence-electron chi connectivity index (χ3n) is 4.80. The molecule has 7 heteroatoms. The van der Waals surface area contributed by atoms with E-state index in [0.717, 1.165) is 42.4 Å². The predicted molar refractivity (Wildman–Crippen MR) is 103 cm³/mol. The molecule has 0 aliphatic carbocycles. The summed E-state index contributed by atoms with van der Waals surface area (Å²) in [6.07, 6.45) is 3.29. The standard InChI is InChI=1S/C20H21N5O2/c26-20(25-11-5-2-6-12-25)15-9-10-17-16(13-15)19(23-22-17)21-18(24-27)14-7-3-1-4-8-14/h1,3-4,7-10,13,27H,2,5-6,11-12H2,(H2,21,22,23,24). The molecule has 0 unspecified atom stereocenters. The summed E-state index contributed by atoms with van der Waals surface area (Å²) in [4.78, 5) is 19.1. The van der Waals surface area contributed by atoms with Crippen molar-refractivity contribution in [2.75, 3.05) is 13.1 Å². The molecule has 7 nitrogen and oxygen atoms in total. The van der Waals surface area contributed by atoms with Crippen LogP contribution in [0.15, 0.2) is 53.5 Å². The summed E-state index contributed by atoms with van der Waals surface area (Å²) in [6, 6.07) is 14.8. The molecule has 1 fully saturated rings. The number of benzene rings is 2. The van der Waals surface area contributed by atoms with Gasteiger partial charge in [-0.3, -0.25) is 20.6 Å². The second-order valence-electron chi connectivity index (χ2n) is 6.60. The van der Waals surface area contributed by atoms with Gasteiger partial charge in [-0.05, 0) is 37.5 Å². The van der Waals surface area contributed by atoms with Crippen molar-refractivity contribution in [1.82, 2.24) is 20.6 Å². The molecular formula is C20H21N5O2. The molecule has 1 aromatic heterocycles. The number of fused-ring (bicyclic) bond motifs is 1. The van der Waals surface area contributed by atoms with Gasteiger partial charge in [0.1, 0.15) is 0 Å². The van der Waals surface area contributed by atoms with Crippen molar-refractivity contribution in [2.45, 2.75) is 19.3 Å². The van der Waals surface area contributed by atoms with Crippen molar-refractivity contribution in [3.63, 3.8) is 0 Å². The van der Waals surface area contributed by atoms with Gasteiger partial charge in [-0.15, -0.1) is 0 Å². The van der Waals surface area contributed by atoms with Crippen LogP contribution in [0.4, 0.5) is 5.82 Å². The van der Waals surface area contributed by atoms with E-state index in [4.69, 9.17) is 0 Å². The van der Waals surface area contributed by atoms with Crippen molar-refractivity contribution in [1.29, 1.82) is 0 Å². The fourth-order valence-corrected chi connectivity index (χ4v) is 3.35. The van der Waals surface area contributed by atoms with Crippen LogP contribution < -0.4 is 5.48 Å². The van der Waals surface area contributed by atoms with Gasteiger partial charge in [-0.1, -0.05) is 30.3 Å². The second-order valence-corrected chi connectivity index (χ2v) is 6.60. The molecule has 1 saturated heterocycles. The lowest BCUT2D eigenvalue weighted by molar-refractivity contribution is 0.0724. The van der Waals surface area contributed by atoms with Crippen LogP contribution in [0.25, 0.3) is 10.9 Å². The zero-order valence-electron chi connectivity index (χ0n) is 14.9. The molecule has 0 spiro atoms. The van der Waals surface area contributed by atoms with E-state index in [-0.39, 0.29) is 11.7 Å². The molecule has 4 rings (SSSR count). The average Bonchev–Trinajstić information content (AvgIpc) is 3.14. The van der Waals surface area contributed by atoms with Crippen LogP contribution in [0.5, 0.6) is 0 Å². The summed E-state index contributed by atoms with van der Waals surface area (Å²) < 4.78 is 0. The number of hydroxylamine groups is 1. The Balaban J connectivity index is 1.70. The summed E-state index contributed by atoms with van der Waals surface area (Å²) in [7, 11) is 0. The monoisotopic (exact) mass is 363 g/mol. The summed E-state index contributed by atoms with van der Waals surface area (Å²) >= 11 is 0. The van der Waals surface area contributed by atoms with Crippen LogP contribution in [0.3, 0.4) is 0 Å². The van der Waals surface area contributed by atoms with E-state index >= 15 is 0 Å². The topological polar surface area (TPSA) is 93.6 Å². The van der Waals surface area contributed by atoms with E-state index in [2.05, 4.69) is 20.7 Å². The van der Waals surface area contributed by atoms with Crippen molar-refractivity contribution >= 4 is 28.5 Å². The minimum Gasteiger partial charge on any atom is -0.339 e. The number of piperidine rings is 1. The molecule has 3 aromatic rings. The van der Waals surface area contributed by atoms with Gasteiger partial charge in [0.05, 0.1) is 5.52 Å². The Bertz CT molecular complexity index is 974. The normalized spacial score (nSPS) is 15.1. The first kappa shape index (κ1) is 17.2. The van der Waals surface area contributed by atoms with Gasteiger partial charge in [0.25, 0.3) is 5.91 Å². The molecule has 27 heavy (non-hydrogen) atoms. The van der Waals surface area contributed by atoms with Crippen LogP contribution in [-0.4, -0.2) is 45.1 Å². The van der Waals surface area contributed by atoms with Crippen molar-refractivity contribution < 1.29 is 10.0 Å². The zero-order valence-corrected chi connectivity index (χ0v) is 14.9. The van der Waals surface area contributed by atoms with E-state index in [1.54, 1.807) is 0 Å². The number of hydrogen-bond donors (Lipinski definition) is 3. The number of aromatic amines is 1. The Labute approximate surface area is 156 Å². The minimum atomic E-state index is 0.0382. The fraction of sp³-hybridized carbons (Fsp3) is 0.250. The highest BCUT2D eigenvalue weighted by atomic mass is 16.5. The summed E-state index contributed by atoms with van der Waals surface area (Å²) in [5, 5.41) is 17.4. The summed E-state index contributed by atoms with van der Waals surface area (Å²) in [6.45, 7) is 1.61. The lowest BCUT2D eigenvalue weighted by Crippen LogP contribution is -2.35. The summed E-state index contributed by atoms with van der Waals surface area (Å²) in [5.74, 6) is 0.742. The van der Waals surface area contributed by atoms with Crippen molar-refractivity contribution in [3.05, 3.63) is 59.7 Å². The molecule has 1 aliphatic rings. The molecule has 0 atom stereocenters. The zero-order chi connectivity index (χ0) is 18.6. The number of amidine groups is 1. The van der Waals surface area contributed by atoms with Crippen molar-refractivity contribution in [2.24, 2.45) is 4.99 Å². The van der Waals surface area contributed by atoms with Crippen LogP contribution in [-0.2, 0) is 0 Å². The smallest absolute Gasteiger partial charge is 0.253 e. The van der Waals surface area contributed by atoms with Gasteiger partial charge in [-0.2, -0.15) is 5.10 Å². The largest absolute Gasteiger partial charge is 0.339 e. The number of carbonyl (C=O) groups excluding carboxylic acids is 1. The number of likely N-dealkylation sites (tertiary alicyclic amines) is 1. The van der Waals surface area contributed by atoms with E-state index in [9.17, 15) is 10.0 Å². The molecular weight excluding hydrogens is 342 g/mol. The van der Waals surface area contributed by atoms with E-state index in [1.165, 1.54) is 6.42 Å². The first-order chi connectivity index (χ1) is 13.3. The molecule has 1 aliphatic heterocycles. The number of amides is 1. The Morgan fingerprint density at radius 1 is 1.07 bits per heavy atom. The highest BCUT2D eigenvalue weighted by Crippen LogP contribution is 2.26. The maximum atomic E-state index is 12.8. The van der Waals surface area contributed by atoms with Crippen LogP contribution in [0, 0.1) is 0 Å². The van der Waals surface area contributed by atoms with Gasteiger partial charge in [0.2, 0.25) is 0 Å². The first-order valence-electron chi connectivity index (χ1n) is 9.08. The van der Waals surface area contributed by atoms with Crippen LogP contribution >= 0.6 is 0 Å². The lowest BCUT2D eigenvalue weighted by atomic mass is 10.1. The highest BCUT2D eigenvalue weighted by molar-refractivity contribution is 6.03. The number of rotatable bonds is 3. The number of aliphatic imine (C=N–C) groups is 1. The second kappa shape index (κ2) is 7.59. The average molecular weight is 363 g/mol. The SMILES string of the molecule is O=C(c1ccc2[nH]nc(N=C(NO)c3ccccc3)c2c1)N1CCCCC1. The third kappa shape index (κ3) is 3.54. The third-order valence-corrected chi connectivity index (χ3v) is 4.80. The van der Waals surface area contributed by atoms with Crippen LogP contribution in [0.2, 0.25) is 0 Å². The Hall–Kier alpha value is -3.19. The van der Waals surface area contributed by atoms with Crippen molar-refractivity contribution in [3.8, 4) is 0 Å². The molecule has 2 aromatic carbocycles. The molecule has 138 valence electrons. The first-order valence-corrected chi connectivity index (χ1v) is 9.08. The number of aromatic nitrogens is 2. The Morgan fingerprint density at radius 3 is 2.59 bits per heavy atom. The van der Waals surface area contributed by atoms with E-state index in [1.807, 2.05) is 53.4 Å². The molecule has 1 amide bonds. The predicted octanol–water partition coefficient (Wildman–Crippen LogP) is 3.25. The fourth-order valence-electron chi connectivity index (χ4n) is 3.35. The molecule has 2 heterocycles. The number of carbonyl (C=O) groups is 1. The van der Waals surface area contributed by atoms with E-state index < -0.39 is 0 Å². The van der Waals surface area contributed by atoms with Gasteiger partial charge in [0.15, 0.2) is 11.7 Å². The maximum absolute atomic E-state index is 12.8. The molecule has 0 bridgehead atoms. The molecule has 0 radical (unpaired) electrons. The molecule has 3 N–H and O–H groups in total. The number of H-pyrrole nitrogens is 1. The molecule has 0 saturated carbocycles. The highest BCUT2D eigenvalue weighted by Gasteiger charge is 2.19. The van der Waals surface area contributed by atoms with Gasteiger partial charge < -0.3 is 4.90 Å². The maximum Gasteiger partial charge on any atom is 0.253 e.